The summed E-state index contributed by atoms with van der Waals surface area (Å²) in [6.45, 7) is 1.51. The summed E-state index contributed by atoms with van der Waals surface area (Å²) in [6, 6.07) is 6.30. The number of carbonyl (C=O) groups is 2. The van der Waals surface area contributed by atoms with Gasteiger partial charge in [0, 0.05) is 11.6 Å². The van der Waals surface area contributed by atoms with Gasteiger partial charge < -0.3 is 14.5 Å². The maximum absolute atomic E-state index is 12.5. The van der Waals surface area contributed by atoms with E-state index in [1.165, 1.54) is 19.3 Å². The molecule has 0 spiro atoms. The molecule has 0 radical (unpaired) electrons. The van der Waals surface area contributed by atoms with E-state index in [2.05, 4.69) is 5.32 Å². The number of esters is 1. The number of hydrogen-bond donors (Lipinski definition) is 1. The fraction of sp³-hybridized carbons (Fsp3) is 0.522. The van der Waals surface area contributed by atoms with Crippen molar-refractivity contribution in [1.29, 1.82) is 0 Å². The van der Waals surface area contributed by atoms with Gasteiger partial charge in [0.25, 0.3) is 5.91 Å². The molecule has 6 rings (SSSR count). The van der Waals surface area contributed by atoms with Crippen molar-refractivity contribution in [2.24, 2.45) is 17.8 Å². The number of carbonyl (C=O) groups excluding carboxylic acids is 2. The molecule has 1 N–H and O–H groups in total. The molecular formula is C23H25NO5. The Morgan fingerprint density at radius 1 is 1.10 bits per heavy atom. The highest BCUT2D eigenvalue weighted by molar-refractivity contribution is 5.90. The maximum Gasteiger partial charge on any atom is 0.374 e. The molecule has 0 aliphatic heterocycles. The van der Waals surface area contributed by atoms with E-state index in [1.807, 2.05) is 6.92 Å². The molecule has 1 aromatic carbocycles. The Morgan fingerprint density at radius 2 is 1.76 bits per heavy atom. The van der Waals surface area contributed by atoms with E-state index < -0.39 is 5.97 Å². The number of hydrogen-bond acceptors (Lipinski definition) is 5. The largest absolute Gasteiger partial charge is 0.450 e. The maximum atomic E-state index is 12.5. The molecule has 1 aromatic heterocycles. The summed E-state index contributed by atoms with van der Waals surface area (Å²) in [5.41, 5.74) is 0.834. The van der Waals surface area contributed by atoms with Gasteiger partial charge in [-0.3, -0.25) is 9.59 Å². The van der Waals surface area contributed by atoms with Crippen molar-refractivity contribution in [2.45, 2.75) is 51.0 Å². The molecule has 4 bridgehead atoms. The SMILES string of the molecule is Cc1ccc2oc(C(=O)OCC(=O)NC34CC5CC(CC(C5)C3)C4)cc(=O)c2c1. The predicted octanol–water partition coefficient (Wildman–Crippen LogP) is 3.34. The van der Waals surface area contributed by atoms with Crippen molar-refractivity contribution < 1.29 is 18.7 Å². The van der Waals surface area contributed by atoms with Gasteiger partial charge in [0.1, 0.15) is 5.58 Å². The van der Waals surface area contributed by atoms with Crippen molar-refractivity contribution in [2.75, 3.05) is 6.61 Å². The van der Waals surface area contributed by atoms with Crippen LogP contribution < -0.4 is 10.7 Å². The lowest BCUT2D eigenvalue weighted by Gasteiger charge is -2.56. The highest BCUT2D eigenvalue weighted by atomic mass is 16.5. The Labute approximate surface area is 168 Å². The first-order chi connectivity index (χ1) is 13.9. The van der Waals surface area contributed by atoms with Crippen LogP contribution in [0, 0.1) is 24.7 Å². The molecule has 29 heavy (non-hydrogen) atoms. The molecule has 0 unspecified atom stereocenters. The molecule has 4 aliphatic carbocycles. The number of fused-ring (bicyclic) bond motifs is 1. The molecule has 0 atom stereocenters. The lowest BCUT2D eigenvalue weighted by molar-refractivity contribution is -0.130. The average Bonchev–Trinajstić information content (AvgIpc) is 2.65. The van der Waals surface area contributed by atoms with Crippen molar-refractivity contribution in [3.63, 3.8) is 0 Å². The molecule has 1 amide bonds. The van der Waals surface area contributed by atoms with Crippen LogP contribution in [0.3, 0.4) is 0 Å². The minimum absolute atomic E-state index is 0.119. The lowest BCUT2D eigenvalue weighted by atomic mass is 9.53. The second-order valence-electron chi connectivity index (χ2n) is 9.30. The Balaban J connectivity index is 1.24. The van der Waals surface area contributed by atoms with E-state index >= 15 is 0 Å². The first-order valence-corrected chi connectivity index (χ1v) is 10.4. The Hall–Kier alpha value is -2.63. The van der Waals surface area contributed by atoms with Crippen molar-refractivity contribution >= 4 is 22.8 Å². The van der Waals surface area contributed by atoms with Gasteiger partial charge in [-0.25, -0.2) is 4.79 Å². The molecule has 4 fully saturated rings. The number of nitrogens with one attached hydrogen (secondary N) is 1. The highest BCUT2D eigenvalue weighted by Crippen LogP contribution is 2.55. The zero-order valence-electron chi connectivity index (χ0n) is 16.5. The summed E-state index contributed by atoms with van der Waals surface area (Å²) < 4.78 is 10.7. The van der Waals surface area contributed by atoms with E-state index in [4.69, 9.17) is 9.15 Å². The van der Waals surface area contributed by atoms with Gasteiger partial charge >= 0.3 is 5.97 Å². The van der Waals surface area contributed by atoms with Gasteiger partial charge in [-0.1, -0.05) is 11.6 Å². The van der Waals surface area contributed by atoms with Crippen LogP contribution >= 0.6 is 0 Å². The zero-order valence-corrected chi connectivity index (χ0v) is 16.5. The molecule has 4 aliphatic rings. The fourth-order valence-electron chi connectivity index (χ4n) is 6.17. The van der Waals surface area contributed by atoms with Crippen LogP contribution in [0.1, 0.15) is 54.6 Å². The van der Waals surface area contributed by atoms with Crippen LogP contribution in [0.25, 0.3) is 11.0 Å². The Kier molecular flexibility index (Phi) is 4.26. The predicted molar refractivity (Wildman–Crippen MR) is 107 cm³/mol. The van der Waals surface area contributed by atoms with Gasteiger partial charge in [0.05, 0.1) is 5.39 Å². The van der Waals surface area contributed by atoms with Gasteiger partial charge in [0.2, 0.25) is 5.76 Å². The Bertz CT molecular complexity index is 1020. The Morgan fingerprint density at radius 3 is 2.41 bits per heavy atom. The standard InChI is InChI=1S/C23H25NO5/c1-13-2-3-19-17(4-13)18(25)8-20(29-19)22(27)28-12-21(26)24-23-9-14-5-15(10-23)7-16(6-14)11-23/h2-4,8,14-16H,5-7,9-12H2,1H3,(H,24,26). The summed E-state index contributed by atoms with van der Waals surface area (Å²) in [6.07, 6.45) is 7.01. The lowest BCUT2D eigenvalue weighted by Crippen LogP contribution is -2.60. The number of amides is 1. The summed E-state index contributed by atoms with van der Waals surface area (Å²) in [7, 11) is 0. The zero-order chi connectivity index (χ0) is 20.2. The van der Waals surface area contributed by atoms with E-state index in [-0.39, 0.29) is 29.2 Å². The molecule has 4 saturated carbocycles. The number of rotatable bonds is 4. The van der Waals surface area contributed by atoms with E-state index in [1.54, 1.807) is 18.2 Å². The normalized spacial score (nSPS) is 29.8. The number of aryl methyl sites for hydroxylation is 1. The number of benzene rings is 1. The highest BCUT2D eigenvalue weighted by Gasteiger charge is 2.51. The third-order valence-corrected chi connectivity index (χ3v) is 6.86. The van der Waals surface area contributed by atoms with Gasteiger partial charge in [-0.15, -0.1) is 0 Å². The molecule has 6 nitrogen and oxygen atoms in total. The smallest absolute Gasteiger partial charge is 0.374 e. The molecule has 6 heteroatoms. The topological polar surface area (TPSA) is 85.6 Å². The van der Waals surface area contributed by atoms with E-state index in [0.29, 0.717) is 11.0 Å². The van der Waals surface area contributed by atoms with Crippen molar-refractivity contribution in [3.05, 3.63) is 45.8 Å². The van der Waals surface area contributed by atoms with Crippen LogP contribution in [-0.4, -0.2) is 24.0 Å². The first-order valence-electron chi connectivity index (χ1n) is 10.4. The second kappa shape index (κ2) is 6.71. The molecule has 1 heterocycles. The van der Waals surface area contributed by atoms with Gasteiger partial charge in [0.15, 0.2) is 12.0 Å². The van der Waals surface area contributed by atoms with Crippen LogP contribution in [-0.2, 0) is 9.53 Å². The summed E-state index contributed by atoms with van der Waals surface area (Å²) in [5.74, 6) is 0.900. The van der Waals surface area contributed by atoms with Crippen LogP contribution in [0.15, 0.2) is 33.5 Å². The molecule has 2 aromatic rings. The quantitative estimate of drug-likeness (QED) is 0.803. The minimum Gasteiger partial charge on any atom is -0.450 e. The van der Waals surface area contributed by atoms with Crippen molar-refractivity contribution in [3.8, 4) is 0 Å². The van der Waals surface area contributed by atoms with E-state index in [0.717, 1.165) is 48.6 Å². The first kappa shape index (κ1) is 18.4. The fourth-order valence-corrected chi connectivity index (χ4v) is 6.17. The van der Waals surface area contributed by atoms with Gasteiger partial charge in [-0.05, 0) is 75.3 Å². The third kappa shape index (κ3) is 3.45. The second-order valence-corrected chi connectivity index (χ2v) is 9.30. The minimum atomic E-state index is -0.801. The third-order valence-electron chi connectivity index (χ3n) is 6.86. The monoisotopic (exact) mass is 395 g/mol. The molecule has 152 valence electrons. The molecular weight excluding hydrogens is 370 g/mol. The van der Waals surface area contributed by atoms with Crippen LogP contribution in [0.4, 0.5) is 0 Å². The van der Waals surface area contributed by atoms with Crippen LogP contribution in [0.5, 0.6) is 0 Å². The summed E-state index contributed by atoms with van der Waals surface area (Å²) >= 11 is 0. The number of ether oxygens (including phenoxy) is 1. The average molecular weight is 395 g/mol. The van der Waals surface area contributed by atoms with Crippen molar-refractivity contribution in [1.82, 2.24) is 5.32 Å². The van der Waals surface area contributed by atoms with Gasteiger partial charge in [-0.2, -0.15) is 0 Å². The van der Waals surface area contributed by atoms with Crippen LogP contribution in [0.2, 0.25) is 0 Å². The molecule has 0 saturated heterocycles. The summed E-state index contributed by atoms with van der Waals surface area (Å²) in [4.78, 5) is 37.1. The summed E-state index contributed by atoms with van der Waals surface area (Å²) in [5, 5.41) is 3.59. The van der Waals surface area contributed by atoms with E-state index in [9.17, 15) is 14.4 Å².